The molecule has 5 heteroatoms. The largest absolute Gasteiger partial charge is 0.454 e. The van der Waals surface area contributed by atoms with Crippen LogP contribution < -0.4 is 9.47 Å². The van der Waals surface area contributed by atoms with Gasteiger partial charge in [0, 0.05) is 18.9 Å². The van der Waals surface area contributed by atoms with Crippen LogP contribution in [0.2, 0.25) is 0 Å². The minimum Gasteiger partial charge on any atom is -0.454 e. The van der Waals surface area contributed by atoms with Gasteiger partial charge in [-0.15, -0.1) is 6.58 Å². The second-order valence-electron chi connectivity index (χ2n) is 6.94. The highest BCUT2D eigenvalue weighted by atomic mass is 16.7. The Labute approximate surface area is 152 Å². The second-order valence-corrected chi connectivity index (χ2v) is 6.94. The van der Waals surface area contributed by atoms with Gasteiger partial charge in [-0.05, 0) is 41.3 Å². The maximum Gasteiger partial charge on any atom is 0.316 e. The molecule has 4 aliphatic rings. The van der Waals surface area contributed by atoms with Crippen molar-refractivity contribution < 1.29 is 23.7 Å². The van der Waals surface area contributed by atoms with E-state index >= 15 is 0 Å². The van der Waals surface area contributed by atoms with Gasteiger partial charge in [-0.3, -0.25) is 4.79 Å². The van der Waals surface area contributed by atoms with E-state index in [1.54, 1.807) is 13.2 Å². The van der Waals surface area contributed by atoms with Crippen LogP contribution in [-0.4, -0.2) is 25.7 Å². The summed E-state index contributed by atoms with van der Waals surface area (Å²) in [5.74, 6) is -0.735. The summed E-state index contributed by atoms with van der Waals surface area (Å²) in [5.41, 5.74) is 2.69. The first kappa shape index (κ1) is 16.9. The van der Waals surface area contributed by atoms with Crippen LogP contribution >= 0.6 is 0 Å². The zero-order valence-corrected chi connectivity index (χ0v) is 15.0. The van der Waals surface area contributed by atoms with Crippen LogP contribution in [0, 0.1) is 11.8 Å². The average molecular weight is 354 g/mol. The first-order valence-corrected chi connectivity index (χ1v) is 8.70. The van der Waals surface area contributed by atoms with E-state index in [0.29, 0.717) is 17.9 Å². The number of esters is 1. The van der Waals surface area contributed by atoms with Gasteiger partial charge in [-0.2, -0.15) is 0 Å². The average Bonchev–Trinajstić information content (AvgIpc) is 3.04. The standard InChI is InChI=1S/C21H22O5/c1-5-6-15-10-21(23-4)13(3)19(18(12(15)2)20(22)26-21)14-7-8-16-17(9-14)25-11-24-16/h5,7-10,13,18-19H,1-2,6,11H2,3-4H3/t13-,18+,19+,21-/m1/s1. The normalized spacial score (nSPS) is 32.1. The molecule has 5 nitrogen and oxygen atoms in total. The van der Waals surface area contributed by atoms with Crippen LogP contribution in [0.3, 0.4) is 0 Å². The molecule has 0 saturated carbocycles. The Bertz CT molecular complexity index is 824. The molecule has 26 heavy (non-hydrogen) atoms. The van der Waals surface area contributed by atoms with Gasteiger partial charge >= 0.3 is 5.97 Å². The maximum absolute atomic E-state index is 12.9. The molecule has 0 unspecified atom stereocenters. The summed E-state index contributed by atoms with van der Waals surface area (Å²) in [6, 6.07) is 5.81. The molecule has 5 rings (SSSR count). The first-order valence-electron chi connectivity index (χ1n) is 8.70. The summed E-state index contributed by atoms with van der Waals surface area (Å²) in [7, 11) is 1.57. The zero-order valence-electron chi connectivity index (χ0n) is 15.0. The molecule has 1 aliphatic carbocycles. The van der Waals surface area contributed by atoms with Gasteiger partial charge in [0.2, 0.25) is 12.6 Å². The number of carbonyl (C=O) groups is 1. The molecule has 0 spiro atoms. The fourth-order valence-electron chi connectivity index (χ4n) is 4.29. The van der Waals surface area contributed by atoms with Crippen molar-refractivity contribution in [1.82, 2.24) is 0 Å². The molecule has 0 N–H and O–H groups in total. The SMILES string of the molecule is C=CCC1=C[C@@]2(OC)OC(=O)[C@@H](C1=C)[C@H](c1ccc3c(c1)OCO3)[C@H]2C. The summed E-state index contributed by atoms with van der Waals surface area (Å²) in [5, 5.41) is 0. The summed E-state index contributed by atoms with van der Waals surface area (Å²) in [6.45, 7) is 10.3. The highest BCUT2D eigenvalue weighted by molar-refractivity contribution is 5.81. The van der Waals surface area contributed by atoms with E-state index in [1.807, 2.05) is 31.2 Å². The van der Waals surface area contributed by atoms with Gasteiger partial charge in [0.1, 0.15) is 0 Å². The Morgan fingerprint density at radius 1 is 1.35 bits per heavy atom. The quantitative estimate of drug-likeness (QED) is 0.609. The monoisotopic (exact) mass is 354 g/mol. The molecule has 2 bridgehead atoms. The van der Waals surface area contributed by atoms with Crippen molar-refractivity contribution in [3.63, 3.8) is 0 Å². The third-order valence-corrected chi connectivity index (χ3v) is 5.67. The molecular weight excluding hydrogens is 332 g/mol. The van der Waals surface area contributed by atoms with Crippen LogP contribution in [0.5, 0.6) is 11.5 Å². The smallest absolute Gasteiger partial charge is 0.316 e. The number of ether oxygens (including phenoxy) is 4. The molecular formula is C21H22O5. The Morgan fingerprint density at radius 2 is 2.12 bits per heavy atom. The Morgan fingerprint density at radius 3 is 2.85 bits per heavy atom. The zero-order chi connectivity index (χ0) is 18.5. The molecule has 136 valence electrons. The van der Waals surface area contributed by atoms with Crippen LogP contribution in [0.25, 0.3) is 0 Å². The van der Waals surface area contributed by atoms with Crippen molar-refractivity contribution >= 4 is 5.97 Å². The second kappa shape index (κ2) is 6.02. The number of hydrogen-bond acceptors (Lipinski definition) is 5. The van der Waals surface area contributed by atoms with Gasteiger partial charge in [0.25, 0.3) is 0 Å². The van der Waals surface area contributed by atoms with Crippen molar-refractivity contribution in [2.75, 3.05) is 13.9 Å². The van der Waals surface area contributed by atoms with Crippen molar-refractivity contribution in [1.29, 1.82) is 0 Å². The molecule has 3 aliphatic heterocycles. The summed E-state index contributed by atoms with van der Waals surface area (Å²) < 4.78 is 22.4. The van der Waals surface area contributed by atoms with Gasteiger partial charge < -0.3 is 18.9 Å². The molecule has 0 radical (unpaired) electrons. The highest BCUT2D eigenvalue weighted by Crippen LogP contribution is 2.54. The predicted molar refractivity (Wildman–Crippen MR) is 95.8 cm³/mol. The Kier molecular flexibility index (Phi) is 3.92. The molecule has 0 aromatic heterocycles. The maximum atomic E-state index is 12.9. The van der Waals surface area contributed by atoms with Crippen LogP contribution in [0.1, 0.15) is 24.8 Å². The Hall–Kier alpha value is -2.53. The summed E-state index contributed by atoms with van der Waals surface area (Å²) >= 11 is 0. The van der Waals surface area contributed by atoms with Crippen LogP contribution in [-0.2, 0) is 14.3 Å². The molecule has 4 atom stereocenters. The highest BCUT2D eigenvalue weighted by Gasteiger charge is 2.56. The van der Waals surface area contributed by atoms with E-state index in [9.17, 15) is 4.79 Å². The van der Waals surface area contributed by atoms with Gasteiger partial charge in [-0.1, -0.05) is 25.6 Å². The Balaban J connectivity index is 1.85. The minimum absolute atomic E-state index is 0.102. The first-order chi connectivity index (χ1) is 12.5. The van der Waals surface area contributed by atoms with Crippen LogP contribution in [0.15, 0.2) is 54.7 Å². The fraction of sp³-hybridized carbons (Fsp3) is 0.381. The van der Waals surface area contributed by atoms with Gasteiger partial charge in [0.05, 0.1) is 5.92 Å². The number of fused-ring (bicyclic) bond motifs is 4. The van der Waals surface area contributed by atoms with Crippen LogP contribution in [0.4, 0.5) is 0 Å². The minimum atomic E-state index is -1.12. The number of benzene rings is 1. The lowest BCUT2D eigenvalue weighted by Crippen LogP contribution is -2.51. The molecule has 1 fully saturated rings. The number of rotatable bonds is 4. The molecule has 1 aromatic carbocycles. The van der Waals surface area contributed by atoms with E-state index in [-0.39, 0.29) is 24.6 Å². The van der Waals surface area contributed by atoms with Gasteiger partial charge in [0.15, 0.2) is 11.5 Å². The number of hydrogen-bond donors (Lipinski definition) is 0. The van der Waals surface area contributed by atoms with E-state index in [1.165, 1.54) is 0 Å². The van der Waals surface area contributed by atoms with Crippen molar-refractivity contribution in [3.8, 4) is 11.5 Å². The van der Waals surface area contributed by atoms with Crippen molar-refractivity contribution in [2.45, 2.75) is 25.0 Å². The lowest BCUT2D eigenvalue weighted by Gasteiger charge is -2.44. The number of methoxy groups -OCH3 is 1. The molecule has 0 amide bonds. The molecule has 3 heterocycles. The lowest BCUT2D eigenvalue weighted by atomic mass is 9.71. The molecule has 1 aromatic rings. The van der Waals surface area contributed by atoms with E-state index in [0.717, 1.165) is 16.7 Å². The fourth-order valence-corrected chi connectivity index (χ4v) is 4.29. The summed E-state index contributed by atoms with van der Waals surface area (Å²) in [6.07, 6.45) is 4.31. The number of allylic oxidation sites excluding steroid dienone is 2. The van der Waals surface area contributed by atoms with Crippen molar-refractivity contribution in [3.05, 3.63) is 60.2 Å². The van der Waals surface area contributed by atoms with Gasteiger partial charge in [-0.25, -0.2) is 0 Å². The van der Waals surface area contributed by atoms with E-state index in [2.05, 4.69) is 13.2 Å². The molecule has 1 saturated heterocycles. The lowest BCUT2D eigenvalue weighted by molar-refractivity contribution is -0.239. The summed E-state index contributed by atoms with van der Waals surface area (Å²) in [4.78, 5) is 12.9. The third kappa shape index (κ3) is 2.31. The third-order valence-electron chi connectivity index (χ3n) is 5.67. The predicted octanol–water partition coefficient (Wildman–Crippen LogP) is 3.72. The van der Waals surface area contributed by atoms with Crippen molar-refractivity contribution in [2.24, 2.45) is 11.8 Å². The topological polar surface area (TPSA) is 54.0 Å². The van der Waals surface area contributed by atoms with E-state index < -0.39 is 11.7 Å². The number of carbonyl (C=O) groups excluding carboxylic acids is 1. The van der Waals surface area contributed by atoms with E-state index in [4.69, 9.17) is 18.9 Å².